The van der Waals surface area contributed by atoms with Gasteiger partial charge in [0.25, 0.3) is 5.56 Å². The Hall–Kier alpha value is -2.89. The van der Waals surface area contributed by atoms with Crippen molar-refractivity contribution in [3.05, 3.63) is 78.3 Å². The normalized spacial score (nSPS) is 10.9. The highest BCUT2D eigenvalue weighted by molar-refractivity contribution is 5.75. The lowest BCUT2D eigenvalue weighted by Gasteiger charge is -2.05. The maximum Gasteiger partial charge on any atom is 0.337 e. The molecule has 0 aliphatic carbocycles. The van der Waals surface area contributed by atoms with Crippen LogP contribution in [0, 0.1) is 6.92 Å². The number of hydrogen-bond acceptors (Lipinski definition) is 4. The summed E-state index contributed by atoms with van der Waals surface area (Å²) in [6, 6.07) is 9.03. The Balaban J connectivity index is 2.25. The van der Waals surface area contributed by atoms with Crippen LogP contribution in [0.3, 0.4) is 0 Å². The van der Waals surface area contributed by atoms with Crippen LogP contribution in [-0.2, 0) is 6.42 Å². The number of aryl methyl sites for hydroxylation is 1. The zero-order chi connectivity index (χ0) is 15.0. The summed E-state index contributed by atoms with van der Waals surface area (Å²) < 4.78 is 4.89. The lowest BCUT2D eigenvalue weighted by atomic mass is 10.0. The Bertz CT molecular complexity index is 989. The van der Waals surface area contributed by atoms with Gasteiger partial charge in [0.05, 0.1) is 0 Å². The molecule has 1 aromatic carbocycles. The number of fused-ring (bicyclic) bond motifs is 1. The van der Waals surface area contributed by atoms with Gasteiger partial charge in [-0.15, -0.1) is 0 Å². The summed E-state index contributed by atoms with van der Waals surface area (Å²) in [6.45, 7) is 1.96. The lowest BCUT2D eigenvalue weighted by Crippen LogP contribution is -2.24. The molecule has 0 unspecified atom stereocenters. The van der Waals surface area contributed by atoms with E-state index in [9.17, 15) is 14.4 Å². The number of benzene rings is 1. The Morgan fingerprint density at radius 3 is 2.67 bits per heavy atom. The van der Waals surface area contributed by atoms with E-state index < -0.39 is 16.9 Å². The van der Waals surface area contributed by atoms with Crippen LogP contribution in [-0.4, -0.2) is 9.97 Å². The van der Waals surface area contributed by atoms with Crippen LogP contribution in [0.4, 0.5) is 0 Å². The smallest absolute Gasteiger partial charge is 0.337 e. The molecule has 106 valence electrons. The van der Waals surface area contributed by atoms with Crippen molar-refractivity contribution in [2.24, 2.45) is 0 Å². The standard InChI is InChI=1S/C15H12N2O4/c1-8-3-2-4-9(5-8)6-10-7-11(18)21-14-12(10)13(19)16-15(20)17-14/h2-5,7H,6H2,1H3,(H2,16,17,19,20). The van der Waals surface area contributed by atoms with E-state index in [4.69, 9.17) is 4.42 Å². The number of rotatable bonds is 2. The molecule has 0 spiro atoms. The van der Waals surface area contributed by atoms with Gasteiger partial charge in [0.1, 0.15) is 5.39 Å². The number of aromatic nitrogens is 2. The minimum atomic E-state index is -0.705. The largest absolute Gasteiger partial charge is 0.405 e. The SMILES string of the molecule is Cc1cccc(Cc2cc(=O)oc3[nH]c(=O)[nH]c(=O)c23)c1. The monoisotopic (exact) mass is 284 g/mol. The molecule has 0 aliphatic rings. The van der Waals surface area contributed by atoms with Gasteiger partial charge in [-0.1, -0.05) is 29.8 Å². The summed E-state index contributed by atoms with van der Waals surface area (Å²) in [5.74, 6) is 0. The third kappa shape index (κ3) is 2.55. The maximum absolute atomic E-state index is 12.0. The predicted octanol–water partition coefficient (Wildman–Crippen LogP) is 1.07. The van der Waals surface area contributed by atoms with Crippen LogP contribution >= 0.6 is 0 Å². The zero-order valence-electron chi connectivity index (χ0n) is 11.2. The minimum absolute atomic E-state index is 0.0982. The summed E-state index contributed by atoms with van der Waals surface area (Å²) >= 11 is 0. The summed E-state index contributed by atoms with van der Waals surface area (Å²) in [7, 11) is 0. The van der Waals surface area contributed by atoms with Crippen LogP contribution in [0.2, 0.25) is 0 Å². The third-order valence-electron chi connectivity index (χ3n) is 3.20. The zero-order valence-corrected chi connectivity index (χ0v) is 11.2. The first-order chi connectivity index (χ1) is 10.0. The number of H-pyrrole nitrogens is 2. The molecule has 2 N–H and O–H groups in total. The molecule has 2 aromatic heterocycles. The van der Waals surface area contributed by atoms with Gasteiger partial charge in [0.2, 0.25) is 5.71 Å². The average molecular weight is 284 g/mol. The van der Waals surface area contributed by atoms with Crippen molar-refractivity contribution in [2.45, 2.75) is 13.3 Å². The van der Waals surface area contributed by atoms with Gasteiger partial charge in [-0.25, -0.2) is 9.59 Å². The summed E-state index contributed by atoms with van der Waals surface area (Å²) in [6.07, 6.45) is 0.402. The number of nitrogens with one attached hydrogen (secondary N) is 2. The van der Waals surface area contributed by atoms with Crippen molar-refractivity contribution in [3.8, 4) is 0 Å². The van der Waals surface area contributed by atoms with Crippen LogP contribution in [0.25, 0.3) is 11.1 Å². The Morgan fingerprint density at radius 2 is 1.90 bits per heavy atom. The molecule has 21 heavy (non-hydrogen) atoms. The predicted molar refractivity (Wildman–Crippen MR) is 77.7 cm³/mol. The highest BCUT2D eigenvalue weighted by atomic mass is 16.4. The average Bonchev–Trinajstić information content (AvgIpc) is 2.36. The first-order valence-corrected chi connectivity index (χ1v) is 6.38. The Morgan fingerprint density at radius 1 is 1.10 bits per heavy atom. The van der Waals surface area contributed by atoms with Gasteiger partial charge in [0, 0.05) is 6.07 Å². The molecule has 6 heteroatoms. The summed E-state index contributed by atoms with van der Waals surface area (Å²) in [5.41, 5.74) is 0.591. The third-order valence-corrected chi connectivity index (χ3v) is 3.20. The first-order valence-electron chi connectivity index (χ1n) is 6.38. The number of hydrogen-bond donors (Lipinski definition) is 2. The van der Waals surface area contributed by atoms with Crippen molar-refractivity contribution in [2.75, 3.05) is 0 Å². The van der Waals surface area contributed by atoms with Gasteiger partial charge < -0.3 is 4.42 Å². The molecule has 6 nitrogen and oxygen atoms in total. The quantitative estimate of drug-likeness (QED) is 0.735. The molecule has 0 aliphatic heterocycles. The molecule has 0 fully saturated rings. The van der Waals surface area contributed by atoms with Gasteiger partial charge in [-0.2, -0.15) is 0 Å². The fourth-order valence-corrected chi connectivity index (χ4v) is 2.36. The van der Waals surface area contributed by atoms with E-state index in [0.29, 0.717) is 12.0 Å². The fraction of sp³-hybridized carbons (Fsp3) is 0.133. The van der Waals surface area contributed by atoms with Crippen LogP contribution in [0.1, 0.15) is 16.7 Å². The second kappa shape index (κ2) is 4.90. The van der Waals surface area contributed by atoms with E-state index in [1.165, 1.54) is 6.07 Å². The van der Waals surface area contributed by atoms with E-state index in [-0.39, 0.29) is 11.1 Å². The molecular formula is C15H12N2O4. The van der Waals surface area contributed by atoms with Crippen molar-refractivity contribution >= 4 is 11.1 Å². The molecule has 0 atom stereocenters. The molecule has 0 bridgehead atoms. The summed E-state index contributed by atoms with van der Waals surface area (Å²) in [4.78, 5) is 39.3. The highest BCUT2D eigenvalue weighted by Gasteiger charge is 2.11. The van der Waals surface area contributed by atoms with E-state index in [1.54, 1.807) is 0 Å². The van der Waals surface area contributed by atoms with Crippen LogP contribution in [0.15, 0.2) is 49.1 Å². The second-order valence-corrected chi connectivity index (χ2v) is 4.87. The molecule has 0 saturated heterocycles. The molecule has 2 heterocycles. The molecule has 3 aromatic rings. The van der Waals surface area contributed by atoms with Crippen LogP contribution < -0.4 is 16.9 Å². The van der Waals surface area contributed by atoms with Crippen molar-refractivity contribution in [1.29, 1.82) is 0 Å². The highest BCUT2D eigenvalue weighted by Crippen LogP contribution is 2.15. The van der Waals surface area contributed by atoms with E-state index in [1.807, 2.05) is 31.2 Å². The van der Waals surface area contributed by atoms with Crippen LogP contribution in [0.5, 0.6) is 0 Å². The van der Waals surface area contributed by atoms with Crippen molar-refractivity contribution in [3.63, 3.8) is 0 Å². The maximum atomic E-state index is 12.0. The van der Waals surface area contributed by atoms with Gasteiger partial charge in [-0.3, -0.25) is 14.8 Å². The van der Waals surface area contributed by atoms with Gasteiger partial charge in [0.15, 0.2) is 0 Å². The van der Waals surface area contributed by atoms with Gasteiger partial charge >= 0.3 is 11.3 Å². The molecule has 3 rings (SSSR count). The molecular weight excluding hydrogens is 272 g/mol. The molecule has 0 radical (unpaired) electrons. The van der Waals surface area contributed by atoms with E-state index in [2.05, 4.69) is 9.97 Å². The lowest BCUT2D eigenvalue weighted by molar-refractivity contribution is 0.545. The second-order valence-electron chi connectivity index (χ2n) is 4.87. The van der Waals surface area contributed by atoms with Crippen molar-refractivity contribution in [1.82, 2.24) is 9.97 Å². The topological polar surface area (TPSA) is 95.9 Å². The van der Waals surface area contributed by atoms with E-state index >= 15 is 0 Å². The Labute approximate surface area is 118 Å². The fourth-order valence-electron chi connectivity index (χ4n) is 2.36. The van der Waals surface area contributed by atoms with Gasteiger partial charge in [-0.05, 0) is 24.5 Å². The van der Waals surface area contributed by atoms with Crippen molar-refractivity contribution < 1.29 is 4.42 Å². The molecule has 0 amide bonds. The molecule has 0 saturated carbocycles. The minimum Gasteiger partial charge on any atom is -0.405 e. The first kappa shape index (κ1) is 13.1. The summed E-state index contributed by atoms with van der Waals surface area (Å²) in [5, 5.41) is 0.190. The van der Waals surface area contributed by atoms with E-state index in [0.717, 1.165) is 11.1 Å². The Kier molecular flexibility index (Phi) is 3.06. The number of aromatic amines is 2.